The smallest absolute Gasteiger partial charge is 0.360 e. The summed E-state index contributed by atoms with van der Waals surface area (Å²) in [5.41, 5.74) is 0.613. The van der Waals surface area contributed by atoms with Gasteiger partial charge in [0.05, 0.1) is 18.2 Å². The Bertz CT molecular complexity index is 609. The molecule has 0 unspecified atom stereocenters. The SMILES string of the molecule is CCCn1nnnc1Cn1nnc(C(=O)OCC)c1CCl. The zero-order valence-electron chi connectivity index (χ0n) is 11.9. The first-order valence-electron chi connectivity index (χ1n) is 6.61. The van der Waals surface area contributed by atoms with Crippen LogP contribution < -0.4 is 0 Å². The van der Waals surface area contributed by atoms with Crippen LogP contribution in [-0.4, -0.2) is 47.8 Å². The van der Waals surface area contributed by atoms with E-state index in [2.05, 4.69) is 25.8 Å². The maximum atomic E-state index is 11.8. The summed E-state index contributed by atoms with van der Waals surface area (Å²) in [6.45, 7) is 5.02. The van der Waals surface area contributed by atoms with E-state index in [1.807, 2.05) is 6.92 Å². The zero-order valence-corrected chi connectivity index (χ0v) is 12.6. The molecule has 0 fully saturated rings. The number of ether oxygens (including phenoxy) is 1. The lowest BCUT2D eigenvalue weighted by atomic mass is 10.3. The minimum absolute atomic E-state index is 0.0937. The molecule has 0 aliphatic carbocycles. The molecule has 0 saturated carbocycles. The van der Waals surface area contributed by atoms with E-state index in [0.717, 1.165) is 6.42 Å². The topological polar surface area (TPSA) is 101 Å². The normalized spacial score (nSPS) is 10.8. The van der Waals surface area contributed by atoms with Gasteiger partial charge in [0.25, 0.3) is 0 Å². The van der Waals surface area contributed by atoms with E-state index < -0.39 is 5.97 Å². The quantitative estimate of drug-likeness (QED) is 0.546. The number of esters is 1. The number of aromatic nitrogens is 7. The molecule has 0 spiro atoms. The third-order valence-electron chi connectivity index (χ3n) is 2.77. The third kappa shape index (κ3) is 3.35. The van der Waals surface area contributed by atoms with Crippen LogP contribution >= 0.6 is 11.6 Å². The molecule has 0 saturated heterocycles. The Balaban J connectivity index is 2.24. The number of halogens is 1. The number of aryl methyl sites for hydroxylation is 1. The van der Waals surface area contributed by atoms with Crippen LogP contribution in [0.1, 0.15) is 42.3 Å². The van der Waals surface area contributed by atoms with Gasteiger partial charge in [-0.25, -0.2) is 14.2 Å². The van der Waals surface area contributed by atoms with Crippen molar-refractivity contribution in [3.63, 3.8) is 0 Å². The number of hydrogen-bond donors (Lipinski definition) is 0. The Kier molecular flexibility index (Phi) is 5.20. The summed E-state index contributed by atoms with van der Waals surface area (Å²) < 4.78 is 8.12. The maximum absolute atomic E-state index is 11.8. The van der Waals surface area contributed by atoms with Gasteiger partial charge in [0.15, 0.2) is 11.5 Å². The molecule has 0 N–H and O–H groups in total. The van der Waals surface area contributed by atoms with Crippen molar-refractivity contribution >= 4 is 17.6 Å². The van der Waals surface area contributed by atoms with Gasteiger partial charge in [-0.05, 0) is 23.8 Å². The van der Waals surface area contributed by atoms with E-state index in [-0.39, 0.29) is 18.2 Å². The molecule has 2 aromatic heterocycles. The van der Waals surface area contributed by atoms with Gasteiger partial charge < -0.3 is 4.74 Å². The molecule has 0 atom stereocenters. The summed E-state index contributed by atoms with van der Waals surface area (Å²) >= 11 is 5.90. The first-order chi connectivity index (χ1) is 10.2. The average molecular weight is 314 g/mol. The summed E-state index contributed by atoms with van der Waals surface area (Å²) in [4.78, 5) is 11.8. The second kappa shape index (κ2) is 7.11. The molecular formula is C11H16ClN7O2. The van der Waals surface area contributed by atoms with Gasteiger partial charge in [-0.3, -0.25) is 0 Å². The third-order valence-corrected chi connectivity index (χ3v) is 3.02. The van der Waals surface area contributed by atoms with Crippen LogP contribution in [0.4, 0.5) is 0 Å². The predicted molar refractivity (Wildman–Crippen MR) is 72.7 cm³/mol. The van der Waals surface area contributed by atoms with Crippen molar-refractivity contribution in [3.05, 3.63) is 17.2 Å². The summed E-state index contributed by atoms with van der Waals surface area (Å²) in [6, 6.07) is 0. The molecule has 0 aromatic carbocycles. The average Bonchev–Trinajstić information content (AvgIpc) is 3.07. The van der Waals surface area contributed by atoms with E-state index >= 15 is 0 Å². The van der Waals surface area contributed by atoms with Crippen LogP contribution in [0.2, 0.25) is 0 Å². The molecule has 21 heavy (non-hydrogen) atoms. The molecule has 10 heteroatoms. The fourth-order valence-electron chi connectivity index (χ4n) is 1.81. The Hall–Kier alpha value is -2.03. The largest absolute Gasteiger partial charge is 0.461 e. The number of tetrazole rings is 1. The highest BCUT2D eigenvalue weighted by atomic mass is 35.5. The molecule has 2 heterocycles. The molecule has 0 amide bonds. The number of carbonyl (C=O) groups is 1. The fourth-order valence-corrected chi connectivity index (χ4v) is 2.07. The monoisotopic (exact) mass is 313 g/mol. The molecule has 0 aliphatic rings. The second-order valence-electron chi connectivity index (χ2n) is 4.21. The lowest BCUT2D eigenvalue weighted by Crippen LogP contribution is -2.14. The summed E-state index contributed by atoms with van der Waals surface area (Å²) in [7, 11) is 0. The number of carbonyl (C=O) groups excluding carboxylic acids is 1. The van der Waals surface area contributed by atoms with Gasteiger partial charge in [-0.1, -0.05) is 12.1 Å². The van der Waals surface area contributed by atoms with Crippen LogP contribution in [0, 0.1) is 0 Å². The van der Waals surface area contributed by atoms with E-state index in [9.17, 15) is 4.79 Å². The maximum Gasteiger partial charge on any atom is 0.360 e. The summed E-state index contributed by atoms with van der Waals surface area (Å²) in [6.07, 6.45) is 0.909. The Morgan fingerprint density at radius 2 is 2.05 bits per heavy atom. The van der Waals surface area contributed by atoms with Gasteiger partial charge in [0.2, 0.25) is 0 Å². The fraction of sp³-hybridized carbons (Fsp3) is 0.636. The van der Waals surface area contributed by atoms with Crippen LogP contribution in [0.15, 0.2) is 0 Å². The van der Waals surface area contributed by atoms with Crippen molar-refractivity contribution in [3.8, 4) is 0 Å². The van der Waals surface area contributed by atoms with Gasteiger partial charge in [0.1, 0.15) is 6.54 Å². The van der Waals surface area contributed by atoms with E-state index in [1.54, 1.807) is 11.6 Å². The molecule has 9 nitrogen and oxygen atoms in total. The highest BCUT2D eigenvalue weighted by Crippen LogP contribution is 2.12. The van der Waals surface area contributed by atoms with Crippen molar-refractivity contribution in [2.45, 2.75) is 39.2 Å². The van der Waals surface area contributed by atoms with Crippen LogP contribution in [0.3, 0.4) is 0 Å². The van der Waals surface area contributed by atoms with Crippen molar-refractivity contribution < 1.29 is 9.53 Å². The molecule has 2 rings (SSSR count). The lowest BCUT2D eigenvalue weighted by Gasteiger charge is -2.05. The van der Waals surface area contributed by atoms with E-state index in [0.29, 0.717) is 24.6 Å². The van der Waals surface area contributed by atoms with Gasteiger partial charge in [-0.15, -0.1) is 21.8 Å². The molecule has 114 valence electrons. The number of nitrogens with zero attached hydrogens (tertiary/aromatic N) is 7. The van der Waals surface area contributed by atoms with Gasteiger partial charge in [0, 0.05) is 6.54 Å². The first-order valence-corrected chi connectivity index (χ1v) is 7.15. The lowest BCUT2D eigenvalue weighted by molar-refractivity contribution is 0.0518. The minimum atomic E-state index is -0.535. The number of alkyl halides is 1. The minimum Gasteiger partial charge on any atom is -0.461 e. The Morgan fingerprint density at radius 3 is 2.71 bits per heavy atom. The Morgan fingerprint density at radius 1 is 1.24 bits per heavy atom. The van der Waals surface area contributed by atoms with Gasteiger partial charge in [-0.2, -0.15) is 0 Å². The molecule has 0 aliphatic heterocycles. The first kappa shape index (κ1) is 15.4. The second-order valence-corrected chi connectivity index (χ2v) is 4.48. The van der Waals surface area contributed by atoms with Crippen LogP contribution in [0.5, 0.6) is 0 Å². The highest BCUT2D eigenvalue weighted by Gasteiger charge is 2.21. The number of rotatable bonds is 7. The van der Waals surface area contributed by atoms with Crippen molar-refractivity contribution in [1.29, 1.82) is 0 Å². The van der Waals surface area contributed by atoms with Crippen LogP contribution in [-0.2, 0) is 23.7 Å². The van der Waals surface area contributed by atoms with Crippen molar-refractivity contribution in [2.24, 2.45) is 0 Å². The van der Waals surface area contributed by atoms with E-state index in [4.69, 9.17) is 16.3 Å². The summed E-state index contributed by atoms with van der Waals surface area (Å²) in [5, 5.41) is 19.3. The molecule has 0 radical (unpaired) electrons. The molecular weight excluding hydrogens is 298 g/mol. The predicted octanol–water partition coefficient (Wildman–Crippen LogP) is 0.638. The van der Waals surface area contributed by atoms with Crippen LogP contribution in [0.25, 0.3) is 0 Å². The Labute approximate surface area is 126 Å². The van der Waals surface area contributed by atoms with E-state index in [1.165, 1.54) is 4.68 Å². The zero-order chi connectivity index (χ0) is 15.2. The van der Waals surface area contributed by atoms with Gasteiger partial charge >= 0.3 is 5.97 Å². The summed E-state index contributed by atoms with van der Waals surface area (Å²) in [5.74, 6) is 0.187. The molecule has 0 bridgehead atoms. The number of hydrogen-bond acceptors (Lipinski definition) is 7. The standard InChI is InChI=1S/C11H16ClN7O2/c1-3-5-18-9(13-15-17-18)7-19-8(6-12)10(14-16-19)11(20)21-4-2/h3-7H2,1-2H3. The van der Waals surface area contributed by atoms with Crippen molar-refractivity contribution in [2.75, 3.05) is 6.61 Å². The molecule has 2 aromatic rings. The highest BCUT2D eigenvalue weighted by molar-refractivity contribution is 6.17. The van der Waals surface area contributed by atoms with Crippen molar-refractivity contribution in [1.82, 2.24) is 35.2 Å².